The number of fused-ring (bicyclic) bond motifs is 1. The molecular weight excluding hydrogens is 334 g/mol. The van der Waals surface area contributed by atoms with Crippen molar-refractivity contribution in [3.8, 4) is 12.3 Å². The highest BCUT2D eigenvalue weighted by atomic mass is 16.2. The number of aromatic amines is 1. The maximum atomic E-state index is 12.4. The van der Waals surface area contributed by atoms with Crippen molar-refractivity contribution in [3.05, 3.63) is 45.0 Å². The smallest absolute Gasteiger partial charge is 0.273 e. The van der Waals surface area contributed by atoms with Crippen LogP contribution in [0.5, 0.6) is 0 Å². The highest BCUT2D eigenvalue weighted by Crippen LogP contribution is 2.35. The molecule has 2 heterocycles. The van der Waals surface area contributed by atoms with Crippen molar-refractivity contribution in [2.45, 2.75) is 37.9 Å². The molecule has 1 aromatic heterocycles. The van der Waals surface area contributed by atoms with Gasteiger partial charge in [-0.15, -0.1) is 12.3 Å². The van der Waals surface area contributed by atoms with Gasteiger partial charge in [0.15, 0.2) is 5.66 Å². The van der Waals surface area contributed by atoms with E-state index in [9.17, 15) is 14.4 Å². The zero-order valence-electron chi connectivity index (χ0n) is 14.2. The predicted molar refractivity (Wildman–Crippen MR) is 96.7 cm³/mol. The summed E-state index contributed by atoms with van der Waals surface area (Å²) in [5, 5.41) is 14.0. The van der Waals surface area contributed by atoms with Crippen molar-refractivity contribution in [1.29, 1.82) is 0 Å². The standard InChI is InChI=1S/C18H19N5O3/c1-2-3-9-18(21-22-18)10-11-19-15(24)8-12-23-17(26)14-7-5-4-6-13(14)16(25)20-23/h1,4-7H,3,8-12H2,(H,19,24)(H,20,25). The largest absolute Gasteiger partial charge is 0.356 e. The van der Waals surface area contributed by atoms with Crippen molar-refractivity contribution in [2.75, 3.05) is 6.54 Å². The van der Waals surface area contributed by atoms with Crippen LogP contribution < -0.4 is 16.4 Å². The Bertz CT molecular complexity index is 1010. The summed E-state index contributed by atoms with van der Waals surface area (Å²) in [4.78, 5) is 36.4. The minimum atomic E-state index is -0.430. The van der Waals surface area contributed by atoms with Crippen LogP contribution in [0.4, 0.5) is 0 Å². The van der Waals surface area contributed by atoms with Gasteiger partial charge < -0.3 is 5.32 Å². The highest BCUT2D eigenvalue weighted by molar-refractivity contribution is 5.80. The lowest BCUT2D eigenvalue weighted by Crippen LogP contribution is -2.33. The van der Waals surface area contributed by atoms with Crippen molar-refractivity contribution in [1.82, 2.24) is 15.1 Å². The number of carbonyl (C=O) groups is 1. The summed E-state index contributed by atoms with van der Waals surface area (Å²) >= 11 is 0. The highest BCUT2D eigenvalue weighted by Gasteiger charge is 2.38. The number of nitrogens with one attached hydrogen (secondary N) is 2. The van der Waals surface area contributed by atoms with E-state index in [4.69, 9.17) is 6.42 Å². The molecule has 0 unspecified atom stereocenters. The maximum absolute atomic E-state index is 12.4. The van der Waals surface area contributed by atoms with Gasteiger partial charge in [0, 0.05) is 32.2 Å². The fraction of sp³-hybridized carbons (Fsp3) is 0.389. The van der Waals surface area contributed by atoms with E-state index < -0.39 is 5.66 Å². The van der Waals surface area contributed by atoms with Gasteiger partial charge in [-0.25, -0.2) is 4.68 Å². The zero-order valence-corrected chi connectivity index (χ0v) is 14.2. The lowest BCUT2D eigenvalue weighted by Gasteiger charge is -2.10. The summed E-state index contributed by atoms with van der Waals surface area (Å²) < 4.78 is 1.17. The molecule has 26 heavy (non-hydrogen) atoms. The third kappa shape index (κ3) is 3.88. The molecule has 0 spiro atoms. The van der Waals surface area contributed by atoms with Gasteiger partial charge in [-0.05, 0) is 12.1 Å². The topological polar surface area (TPSA) is 109 Å². The molecule has 0 atom stereocenters. The molecule has 1 amide bonds. The predicted octanol–water partition coefficient (Wildman–Crippen LogP) is 1.16. The molecule has 1 aliphatic heterocycles. The average molecular weight is 353 g/mol. The Morgan fingerprint density at radius 3 is 2.65 bits per heavy atom. The summed E-state index contributed by atoms with van der Waals surface area (Å²) in [5.41, 5.74) is -1.11. The number of amides is 1. The van der Waals surface area contributed by atoms with E-state index in [1.165, 1.54) is 4.68 Å². The van der Waals surface area contributed by atoms with Crippen molar-refractivity contribution in [2.24, 2.45) is 10.2 Å². The van der Waals surface area contributed by atoms with E-state index in [0.717, 1.165) is 0 Å². The monoisotopic (exact) mass is 353 g/mol. The molecule has 0 saturated carbocycles. The van der Waals surface area contributed by atoms with Gasteiger partial charge in [0.1, 0.15) is 0 Å². The summed E-state index contributed by atoms with van der Waals surface area (Å²) in [5.74, 6) is 2.35. The molecule has 2 aromatic rings. The van der Waals surface area contributed by atoms with E-state index in [1.54, 1.807) is 24.3 Å². The Labute approximate surface area is 149 Å². The first-order valence-electron chi connectivity index (χ1n) is 8.41. The van der Waals surface area contributed by atoms with Gasteiger partial charge in [0.2, 0.25) is 5.91 Å². The maximum Gasteiger partial charge on any atom is 0.273 e. The third-order valence-corrected chi connectivity index (χ3v) is 4.35. The lowest BCUT2D eigenvalue weighted by atomic mass is 10.0. The van der Waals surface area contributed by atoms with Crippen LogP contribution in [-0.2, 0) is 11.3 Å². The van der Waals surface area contributed by atoms with Gasteiger partial charge in [0.05, 0.1) is 17.3 Å². The van der Waals surface area contributed by atoms with Crippen LogP contribution in [0.3, 0.4) is 0 Å². The molecular formula is C18H19N5O3. The Kier molecular flexibility index (Phi) is 4.98. The second kappa shape index (κ2) is 7.35. The van der Waals surface area contributed by atoms with E-state index in [1.807, 2.05) is 0 Å². The molecule has 134 valence electrons. The van der Waals surface area contributed by atoms with Crippen molar-refractivity contribution < 1.29 is 4.79 Å². The summed E-state index contributed by atoms with van der Waals surface area (Å²) in [7, 11) is 0. The van der Waals surface area contributed by atoms with Crippen LogP contribution in [0, 0.1) is 12.3 Å². The van der Waals surface area contributed by atoms with E-state index in [2.05, 4.69) is 26.6 Å². The van der Waals surface area contributed by atoms with Crippen LogP contribution >= 0.6 is 0 Å². The van der Waals surface area contributed by atoms with Crippen molar-refractivity contribution >= 4 is 16.7 Å². The van der Waals surface area contributed by atoms with Gasteiger partial charge in [-0.3, -0.25) is 19.5 Å². The van der Waals surface area contributed by atoms with Gasteiger partial charge in [-0.2, -0.15) is 10.2 Å². The number of benzene rings is 1. The second-order valence-electron chi connectivity index (χ2n) is 6.18. The van der Waals surface area contributed by atoms with Gasteiger partial charge in [0.25, 0.3) is 11.1 Å². The van der Waals surface area contributed by atoms with E-state index >= 15 is 0 Å². The molecule has 0 aliphatic carbocycles. The van der Waals surface area contributed by atoms with Crippen LogP contribution in [-0.4, -0.2) is 27.9 Å². The van der Waals surface area contributed by atoms with Gasteiger partial charge >= 0.3 is 0 Å². The van der Waals surface area contributed by atoms with Gasteiger partial charge in [-0.1, -0.05) is 12.1 Å². The molecule has 1 aromatic carbocycles. The molecule has 0 fully saturated rings. The van der Waals surface area contributed by atoms with Crippen LogP contribution in [0.2, 0.25) is 0 Å². The molecule has 8 nitrogen and oxygen atoms in total. The normalized spacial score (nSPS) is 14.1. The Balaban J connectivity index is 1.53. The first kappa shape index (κ1) is 17.6. The third-order valence-electron chi connectivity index (χ3n) is 4.35. The molecule has 0 radical (unpaired) electrons. The first-order chi connectivity index (χ1) is 12.5. The Hall–Kier alpha value is -3.21. The molecule has 8 heteroatoms. The average Bonchev–Trinajstić information content (AvgIpc) is 3.42. The first-order valence-corrected chi connectivity index (χ1v) is 8.41. The summed E-state index contributed by atoms with van der Waals surface area (Å²) in [6.07, 6.45) is 7.21. The summed E-state index contributed by atoms with van der Waals surface area (Å²) in [6.45, 7) is 0.529. The van der Waals surface area contributed by atoms with E-state index in [-0.39, 0.29) is 30.0 Å². The minimum Gasteiger partial charge on any atom is -0.356 e. The number of nitrogens with zero attached hydrogens (tertiary/aromatic N) is 3. The number of hydrogen-bond acceptors (Lipinski definition) is 5. The fourth-order valence-electron chi connectivity index (χ4n) is 2.78. The molecule has 0 saturated heterocycles. The van der Waals surface area contributed by atoms with Crippen LogP contribution in [0.1, 0.15) is 25.7 Å². The van der Waals surface area contributed by atoms with Crippen LogP contribution in [0.15, 0.2) is 44.1 Å². The lowest BCUT2D eigenvalue weighted by molar-refractivity contribution is -0.121. The fourth-order valence-corrected chi connectivity index (χ4v) is 2.78. The Morgan fingerprint density at radius 2 is 1.96 bits per heavy atom. The number of terminal acetylenes is 1. The quantitative estimate of drug-likeness (QED) is 0.695. The number of carbonyl (C=O) groups excluding carboxylic acids is 1. The zero-order chi connectivity index (χ0) is 18.6. The summed E-state index contributed by atoms with van der Waals surface area (Å²) in [6, 6.07) is 6.59. The number of aromatic nitrogens is 2. The second-order valence-corrected chi connectivity index (χ2v) is 6.18. The number of rotatable bonds is 8. The SMILES string of the molecule is C#CCCC1(CCNC(=O)CCn2[nH]c(=O)c3ccccc3c2=O)N=N1. The number of H-pyrrole nitrogens is 1. The minimum absolute atomic E-state index is 0.0832. The molecule has 3 rings (SSSR count). The van der Waals surface area contributed by atoms with Crippen molar-refractivity contribution in [3.63, 3.8) is 0 Å². The molecule has 0 bridgehead atoms. The molecule has 2 N–H and O–H groups in total. The van der Waals surface area contributed by atoms with Crippen LogP contribution in [0.25, 0.3) is 10.8 Å². The van der Waals surface area contributed by atoms with E-state index in [0.29, 0.717) is 36.6 Å². The number of aryl methyl sites for hydroxylation is 1. The Morgan fingerprint density at radius 1 is 1.23 bits per heavy atom. The molecule has 1 aliphatic rings. The number of hydrogen-bond donors (Lipinski definition) is 2.